The van der Waals surface area contributed by atoms with Crippen molar-refractivity contribution in [1.29, 1.82) is 0 Å². The summed E-state index contributed by atoms with van der Waals surface area (Å²) in [6.45, 7) is 0.219. The van der Waals surface area contributed by atoms with Crippen LogP contribution in [-0.4, -0.2) is 32.6 Å². The first-order valence-corrected chi connectivity index (χ1v) is 9.67. The first-order chi connectivity index (χ1) is 12.7. The number of rotatable bonds is 4. The number of aromatic nitrogens is 3. The highest BCUT2D eigenvalue weighted by atomic mass is 32.1. The first-order valence-electron chi connectivity index (χ1n) is 8.79. The number of fused-ring (bicyclic) bond motifs is 1. The van der Waals surface area contributed by atoms with Crippen molar-refractivity contribution < 1.29 is 9.90 Å². The minimum atomic E-state index is 0.000455. The van der Waals surface area contributed by atoms with Crippen molar-refractivity contribution >= 4 is 33.8 Å². The molecule has 6 nitrogen and oxygen atoms in total. The van der Waals surface area contributed by atoms with Gasteiger partial charge in [0, 0.05) is 36.5 Å². The van der Waals surface area contributed by atoms with Gasteiger partial charge in [-0.2, -0.15) is 0 Å². The van der Waals surface area contributed by atoms with E-state index in [1.54, 1.807) is 35.4 Å². The van der Waals surface area contributed by atoms with Gasteiger partial charge in [0.25, 0.3) is 0 Å². The lowest BCUT2D eigenvalue weighted by molar-refractivity contribution is -0.121. The standard InChI is InChI=1S/C19H20N4O2S/c24-10-12-1-3-13(4-2-12)19(25)23-18-6-14-5-16(17-9-20-11-26-17)21-7-15(14)8-22-18/h5-9,11-13,24H,1-4,10H2,(H,22,23,25). The Labute approximate surface area is 155 Å². The van der Waals surface area contributed by atoms with Crippen LogP contribution in [0.1, 0.15) is 25.7 Å². The summed E-state index contributed by atoms with van der Waals surface area (Å²) in [6, 6.07) is 3.88. The highest BCUT2D eigenvalue weighted by molar-refractivity contribution is 7.13. The van der Waals surface area contributed by atoms with E-state index in [4.69, 9.17) is 0 Å². The van der Waals surface area contributed by atoms with Crippen molar-refractivity contribution in [3.05, 3.63) is 36.2 Å². The SMILES string of the molecule is O=C(Nc1cc2cc(-c3cncs3)ncc2cn1)C1CCC(CO)CC1. The number of hydrogen-bond donors (Lipinski definition) is 2. The molecular weight excluding hydrogens is 348 g/mol. The quantitative estimate of drug-likeness (QED) is 0.736. The zero-order valence-electron chi connectivity index (χ0n) is 14.3. The molecule has 0 spiro atoms. The molecule has 134 valence electrons. The average Bonchev–Trinajstić information content (AvgIpc) is 3.22. The molecule has 26 heavy (non-hydrogen) atoms. The second-order valence-corrected chi connectivity index (χ2v) is 7.63. The topological polar surface area (TPSA) is 88.0 Å². The summed E-state index contributed by atoms with van der Waals surface area (Å²) >= 11 is 1.54. The van der Waals surface area contributed by atoms with Crippen LogP contribution >= 0.6 is 11.3 Å². The maximum absolute atomic E-state index is 12.5. The predicted molar refractivity (Wildman–Crippen MR) is 102 cm³/mol. The van der Waals surface area contributed by atoms with Crippen molar-refractivity contribution in [3.63, 3.8) is 0 Å². The summed E-state index contributed by atoms with van der Waals surface area (Å²) in [7, 11) is 0. The third-order valence-corrected chi connectivity index (χ3v) is 5.81. The number of thiazole rings is 1. The van der Waals surface area contributed by atoms with Crippen LogP contribution < -0.4 is 5.32 Å². The molecule has 2 N–H and O–H groups in total. The predicted octanol–water partition coefficient (Wildman–Crippen LogP) is 3.49. The molecule has 0 saturated heterocycles. The molecule has 3 aromatic rings. The lowest BCUT2D eigenvalue weighted by Crippen LogP contribution is -2.28. The van der Waals surface area contributed by atoms with E-state index in [1.807, 2.05) is 12.1 Å². The van der Waals surface area contributed by atoms with Crippen molar-refractivity contribution in [2.75, 3.05) is 11.9 Å². The van der Waals surface area contributed by atoms with E-state index in [9.17, 15) is 9.90 Å². The van der Waals surface area contributed by atoms with E-state index in [0.717, 1.165) is 47.0 Å². The minimum Gasteiger partial charge on any atom is -0.396 e. The monoisotopic (exact) mass is 368 g/mol. The molecule has 1 aliphatic carbocycles. The van der Waals surface area contributed by atoms with Gasteiger partial charge in [0.05, 0.1) is 16.1 Å². The molecule has 0 radical (unpaired) electrons. The van der Waals surface area contributed by atoms with Crippen LogP contribution in [0.25, 0.3) is 21.3 Å². The molecule has 7 heteroatoms. The van der Waals surface area contributed by atoms with Crippen molar-refractivity contribution in [1.82, 2.24) is 15.0 Å². The van der Waals surface area contributed by atoms with Gasteiger partial charge < -0.3 is 10.4 Å². The van der Waals surface area contributed by atoms with E-state index in [1.165, 1.54) is 0 Å². The van der Waals surface area contributed by atoms with Crippen LogP contribution in [0.3, 0.4) is 0 Å². The molecule has 1 aliphatic rings. The summed E-state index contributed by atoms with van der Waals surface area (Å²) in [5, 5.41) is 14.1. The number of hydrogen-bond acceptors (Lipinski definition) is 6. The number of nitrogens with one attached hydrogen (secondary N) is 1. The Kier molecular flexibility index (Phi) is 4.90. The fourth-order valence-corrected chi connectivity index (χ4v) is 4.01. The van der Waals surface area contributed by atoms with E-state index in [0.29, 0.717) is 11.7 Å². The molecule has 0 bridgehead atoms. The maximum atomic E-state index is 12.5. The Balaban J connectivity index is 1.50. The normalized spacial score (nSPS) is 20.2. The van der Waals surface area contributed by atoms with Gasteiger partial charge in [0.1, 0.15) is 5.82 Å². The van der Waals surface area contributed by atoms with Gasteiger partial charge in [-0.15, -0.1) is 11.3 Å². The van der Waals surface area contributed by atoms with E-state index in [2.05, 4.69) is 20.3 Å². The van der Waals surface area contributed by atoms with Gasteiger partial charge in [-0.25, -0.2) is 4.98 Å². The van der Waals surface area contributed by atoms with Gasteiger partial charge in [0.15, 0.2) is 0 Å². The number of anilines is 1. The number of carbonyl (C=O) groups is 1. The van der Waals surface area contributed by atoms with E-state index >= 15 is 0 Å². The third kappa shape index (κ3) is 3.59. The molecule has 0 aromatic carbocycles. The van der Waals surface area contributed by atoms with Gasteiger partial charge >= 0.3 is 0 Å². The number of nitrogens with zero attached hydrogens (tertiary/aromatic N) is 3. The summed E-state index contributed by atoms with van der Waals surface area (Å²) in [4.78, 5) is 26.4. The van der Waals surface area contributed by atoms with Crippen LogP contribution in [0.4, 0.5) is 5.82 Å². The summed E-state index contributed by atoms with van der Waals surface area (Å²) in [6.07, 6.45) is 8.78. The smallest absolute Gasteiger partial charge is 0.228 e. The molecule has 0 aliphatic heterocycles. The summed E-state index contributed by atoms with van der Waals surface area (Å²) in [5.41, 5.74) is 2.65. The van der Waals surface area contributed by atoms with Crippen LogP contribution in [0, 0.1) is 11.8 Å². The number of pyridine rings is 2. The van der Waals surface area contributed by atoms with Crippen molar-refractivity contribution in [2.24, 2.45) is 11.8 Å². The fraction of sp³-hybridized carbons (Fsp3) is 0.368. The first kappa shape index (κ1) is 17.1. The van der Waals surface area contributed by atoms with Crippen LogP contribution in [0.2, 0.25) is 0 Å². The highest BCUT2D eigenvalue weighted by Crippen LogP contribution is 2.30. The molecule has 1 saturated carbocycles. The maximum Gasteiger partial charge on any atom is 0.228 e. The Bertz CT molecular complexity index is 905. The largest absolute Gasteiger partial charge is 0.396 e. The third-order valence-electron chi connectivity index (χ3n) is 5.02. The van der Waals surface area contributed by atoms with Crippen molar-refractivity contribution in [2.45, 2.75) is 25.7 Å². The average molecular weight is 368 g/mol. The fourth-order valence-electron chi connectivity index (χ4n) is 3.42. The number of aliphatic hydroxyl groups is 1. The Hall–Kier alpha value is -2.38. The number of aliphatic hydroxyl groups excluding tert-OH is 1. The zero-order valence-corrected chi connectivity index (χ0v) is 15.1. The lowest BCUT2D eigenvalue weighted by Gasteiger charge is -2.26. The van der Waals surface area contributed by atoms with E-state index < -0.39 is 0 Å². The molecule has 3 aromatic heterocycles. The second kappa shape index (κ2) is 7.47. The molecule has 1 amide bonds. The highest BCUT2D eigenvalue weighted by Gasteiger charge is 2.26. The van der Waals surface area contributed by atoms with Crippen LogP contribution in [0.15, 0.2) is 36.2 Å². The molecular formula is C19H20N4O2S. The Morgan fingerprint density at radius 1 is 1.12 bits per heavy atom. The van der Waals surface area contributed by atoms with Gasteiger partial charge in [0.2, 0.25) is 5.91 Å². The number of carbonyl (C=O) groups excluding carboxylic acids is 1. The Morgan fingerprint density at radius 2 is 1.92 bits per heavy atom. The zero-order chi connectivity index (χ0) is 17.9. The van der Waals surface area contributed by atoms with Gasteiger partial charge in [-0.05, 0) is 49.1 Å². The summed E-state index contributed by atoms with van der Waals surface area (Å²) in [5.74, 6) is 0.925. The summed E-state index contributed by atoms with van der Waals surface area (Å²) < 4.78 is 0. The molecule has 3 heterocycles. The lowest BCUT2D eigenvalue weighted by atomic mass is 9.82. The van der Waals surface area contributed by atoms with Crippen molar-refractivity contribution in [3.8, 4) is 10.6 Å². The van der Waals surface area contributed by atoms with Gasteiger partial charge in [-0.3, -0.25) is 14.8 Å². The number of amides is 1. The Morgan fingerprint density at radius 3 is 2.65 bits per heavy atom. The molecule has 4 rings (SSSR count). The molecule has 0 unspecified atom stereocenters. The van der Waals surface area contributed by atoms with Crippen LogP contribution in [-0.2, 0) is 4.79 Å². The minimum absolute atomic E-state index is 0.000455. The molecule has 0 atom stereocenters. The van der Waals surface area contributed by atoms with Gasteiger partial charge in [-0.1, -0.05) is 0 Å². The van der Waals surface area contributed by atoms with E-state index in [-0.39, 0.29) is 18.4 Å². The second-order valence-electron chi connectivity index (χ2n) is 6.74. The van der Waals surface area contributed by atoms with Crippen LogP contribution in [0.5, 0.6) is 0 Å². The molecule has 1 fully saturated rings.